The Kier molecular flexibility index (Phi) is 4.57. The van der Waals surface area contributed by atoms with Gasteiger partial charge in [-0.05, 0) is 56.4 Å². The second-order valence-electron chi connectivity index (χ2n) is 6.14. The van der Waals surface area contributed by atoms with Crippen molar-refractivity contribution in [3.05, 3.63) is 59.7 Å². The summed E-state index contributed by atoms with van der Waals surface area (Å²) in [6.45, 7) is 6.57. The maximum absolute atomic E-state index is 2.42. The van der Waals surface area contributed by atoms with E-state index in [1.54, 1.807) is 0 Å². The van der Waals surface area contributed by atoms with Gasteiger partial charge in [-0.3, -0.25) is 0 Å². The van der Waals surface area contributed by atoms with Gasteiger partial charge in [0.15, 0.2) is 0 Å². The van der Waals surface area contributed by atoms with Gasteiger partial charge in [-0.1, -0.05) is 36.4 Å². The van der Waals surface area contributed by atoms with E-state index in [2.05, 4.69) is 78.2 Å². The van der Waals surface area contributed by atoms with Crippen LogP contribution < -0.4 is 4.90 Å². The first-order valence-electron chi connectivity index (χ1n) is 8.25. The molecule has 0 saturated heterocycles. The summed E-state index contributed by atoms with van der Waals surface area (Å²) in [5.41, 5.74) is 5.32. The quantitative estimate of drug-likeness (QED) is 0.730. The van der Waals surface area contributed by atoms with Crippen LogP contribution in [0.5, 0.6) is 0 Å². The third-order valence-electron chi connectivity index (χ3n) is 4.43. The highest BCUT2D eigenvalue weighted by Crippen LogP contribution is 2.23. The van der Waals surface area contributed by atoms with E-state index in [4.69, 9.17) is 0 Å². The summed E-state index contributed by atoms with van der Waals surface area (Å²) in [6.07, 6.45) is 6.11. The van der Waals surface area contributed by atoms with Crippen molar-refractivity contribution in [1.82, 2.24) is 0 Å². The largest absolute Gasteiger partial charge is 0.244 e. The fourth-order valence-electron chi connectivity index (χ4n) is 3.16. The molecule has 0 atom stereocenters. The summed E-state index contributed by atoms with van der Waals surface area (Å²) in [5.74, 6) is 0. The van der Waals surface area contributed by atoms with E-state index in [-0.39, 0.29) is 0 Å². The van der Waals surface area contributed by atoms with Gasteiger partial charge in [0.05, 0.1) is 13.1 Å². The summed E-state index contributed by atoms with van der Waals surface area (Å²) in [5, 5.41) is 0. The zero-order valence-electron chi connectivity index (χ0n) is 13.6. The molecule has 0 bridgehead atoms. The van der Waals surface area contributed by atoms with Crippen LogP contribution in [0, 0.1) is 13.8 Å². The second kappa shape index (κ2) is 6.78. The van der Waals surface area contributed by atoms with E-state index in [0.717, 1.165) is 13.1 Å². The normalized spacial score (nSPS) is 15.9. The minimum absolute atomic E-state index is 1.09. The molecule has 0 saturated carbocycles. The summed E-state index contributed by atoms with van der Waals surface area (Å²) in [7, 11) is 0. The summed E-state index contributed by atoms with van der Waals surface area (Å²) < 4.78 is 2.42. The Morgan fingerprint density at radius 3 is 2.32 bits per heavy atom. The molecule has 0 amide bonds. The Bertz CT molecular complexity index is 673. The average molecular weight is 293 g/mol. The van der Waals surface area contributed by atoms with Crippen molar-refractivity contribution >= 4 is 17.7 Å². The predicted molar refractivity (Wildman–Crippen MR) is 94.4 cm³/mol. The van der Waals surface area contributed by atoms with Gasteiger partial charge >= 0.3 is 0 Å². The molecule has 1 aliphatic rings. The number of hydrogen-bond acceptors (Lipinski definition) is 1. The van der Waals surface area contributed by atoms with Crippen molar-refractivity contribution in [2.75, 3.05) is 18.0 Å². The van der Waals surface area contributed by atoms with E-state index < -0.39 is 0 Å². The number of anilines is 1. The third-order valence-corrected chi connectivity index (χ3v) is 4.43. The fourth-order valence-corrected chi connectivity index (χ4v) is 3.16. The van der Waals surface area contributed by atoms with Gasteiger partial charge in [-0.25, -0.2) is 9.48 Å². The Hall–Kier alpha value is -2.09. The Labute approximate surface area is 133 Å². The van der Waals surface area contributed by atoms with E-state index in [1.165, 1.54) is 41.8 Å². The molecule has 2 heteroatoms. The molecule has 2 aromatic carbocycles. The van der Waals surface area contributed by atoms with Gasteiger partial charge in [-0.2, -0.15) is 0 Å². The molecular weight excluding hydrogens is 268 g/mol. The Morgan fingerprint density at radius 2 is 1.55 bits per heavy atom. The lowest BCUT2D eigenvalue weighted by Gasteiger charge is -2.20. The standard InChI is InChI=1S/C20H25N2/c1-17-10-4-6-12-19(17)21-14-8-3-9-15-22(16-21)20-13-7-5-11-18(20)2/h4-7,10-13,16H,3,8-9,14-15H2,1-2H3/q+1. The maximum Gasteiger partial charge on any atom is 0.244 e. The number of aryl methyl sites for hydroxylation is 2. The number of para-hydroxylation sites is 2. The van der Waals surface area contributed by atoms with Crippen LogP contribution in [0.3, 0.4) is 0 Å². The Morgan fingerprint density at radius 1 is 0.818 bits per heavy atom. The number of nitrogens with zero attached hydrogens (tertiary/aromatic N) is 2. The smallest absolute Gasteiger partial charge is 0.233 e. The molecule has 0 N–H and O–H groups in total. The monoisotopic (exact) mass is 293 g/mol. The lowest BCUT2D eigenvalue weighted by Crippen LogP contribution is -2.31. The molecule has 2 nitrogen and oxygen atoms in total. The molecule has 1 heterocycles. The summed E-state index contributed by atoms with van der Waals surface area (Å²) in [4.78, 5) is 2.42. The van der Waals surface area contributed by atoms with Crippen molar-refractivity contribution in [1.29, 1.82) is 0 Å². The molecule has 0 unspecified atom stereocenters. The van der Waals surface area contributed by atoms with Crippen LogP contribution in [0.25, 0.3) is 0 Å². The van der Waals surface area contributed by atoms with Crippen LogP contribution in [0.1, 0.15) is 30.4 Å². The lowest BCUT2D eigenvalue weighted by molar-refractivity contribution is -0.438. The Balaban J connectivity index is 2.02. The van der Waals surface area contributed by atoms with Crippen LogP contribution in [-0.2, 0) is 0 Å². The molecule has 114 valence electrons. The van der Waals surface area contributed by atoms with Crippen LogP contribution in [0.15, 0.2) is 48.5 Å². The highest BCUT2D eigenvalue weighted by atomic mass is 15.2. The third kappa shape index (κ3) is 3.22. The first-order chi connectivity index (χ1) is 10.8. The molecule has 2 aromatic rings. The molecular formula is C20H25N2+. The van der Waals surface area contributed by atoms with Gasteiger partial charge in [0.25, 0.3) is 0 Å². The lowest BCUT2D eigenvalue weighted by atomic mass is 10.1. The SMILES string of the molecule is Cc1ccccc1N1C=[N+](c2ccccc2C)CCCCC1. The minimum Gasteiger partial charge on any atom is -0.233 e. The zero-order chi connectivity index (χ0) is 15.4. The molecule has 0 radical (unpaired) electrons. The van der Waals surface area contributed by atoms with Crippen molar-refractivity contribution in [2.45, 2.75) is 33.1 Å². The average Bonchev–Trinajstić information content (AvgIpc) is 2.49. The predicted octanol–water partition coefficient (Wildman–Crippen LogP) is 4.67. The zero-order valence-corrected chi connectivity index (χ0v) is 13.6. The molecule has 0 aromatic heterocycles. The van der Waals surface area contributed by atoms with E-state index in [1.807, 2.05) is 0 Å². The first-order valence-corrected chi connectivity index (χ1v) is 8.25. The van der Waals surface area contributed by atoms with Gasteiger partial charge in [0.1, 0.15) is 11.4 Å². The summed E-state index contributed by atoms with van der Waals surface area (Å²) >= 11 is 0. The van der Waals surface area contributed by atoms with Gasteiger partial charge < -0.3 is 0 Å². The van der Waals surface area contributed by atoms with E-state index in [9.17, 15) is 0 Å². The number of hydrogen-bond donors (Lipinski definition) is 0. The van der Waals surface area contributed by atoms with Crippen LogP contribution in [0.4, 0.5) is 11.4 Å². The van der Waals surface area contributed by atoms with Crippen molar-refractivity contribution in [2.24, 2.45) is 0 Å². The maximum atomic E-state index is 2.42. The number of benzene rings is 2. The minimum atomic E-state index is 1.09. The van der Waals surface area contributed by atoms with Crippen LogP contribution >= 0.6 is 0 Å². The highest BCUT2D eigenvalue weighted by molar-refractivity contribution is 5.78. The number of rotatable bonds is 2. The van der Waals surface area contributed by atoms with Gasteiger partial charge in [-0.15, -0.1) is 0 Å². The summed E-state index contributed by atoms with van der Waals surface area (Å²) in [6, 6.07) is 17.3. The van der Waals surface area contributed by atoms with Gasteiger partial charge in [0.2, 0.25) is 6.34 Å². The van der Waals surface area contributed by atoms with Crippen molar-refractivity contribution < 1.29 is 4.58 Å². The molecule has 22 heavy (non-hydrogen) atoms. The van der Waals surface area contributed by atoms with Crippen LogP contribution in [0.2, 0.25) is 0 Å². The van der Waals surface area contributed by atoms with Crippen molar-refractivity contribution in [3.8, 4) is 0 Å². The van der Waals surface area contributed by atoms with E-state index >= 15 is 0 Å². The molecule has 0 aliphatic carbocycles. The highest BCUT2D eigenvalue weighted by Gasteiger charge is 2.18. The van der Waals surface area contributed by atoms with Gasteiger partial charge in [0, 0.05) is 0 Å². The van der Waals surface area contributed by atoms with E-state index in [0.29, 0.717) is 0 Å². The topological polar surface area (TPSA) is 6.25 Å². The molecule has 0 fully saturated rings. The van der Waals surface area contributed by atoms with Crippen molar-refractivity contribution in [3.63, 3.8) is 0 Å². The molecule has 0 spiro atoms. The van der Waals surface area contributed by atoms with Crippen LogP contribution in [-0.4, -0.2) is 24.0 Å². The fraction of sp³-hybridized carbons (Fsp3) is 0.350. The molecule has 1 aliphatic heterocycles. The molecule has 3 rings (SSSR count). The second-order valence-corrected chi connectivity index (χ2v) is 6.14. The first kappa shape index (κ1) is 14.8.